The molecule has 1 saturated heterocycles. The van der Waals surface area contributed by atoms with Crippen molar-refractivity contribution in [3.05, 3.63) is 23.4 Å². The highest BCUT2D eigenvalue weighted by atomic mass is 16.4. The fourth-order valence-corrected chi connectivity index (χ4v) is 2.31. The van der Waals surface area contributed by atoms with E-state index in [9.17, 15) is 9.59 Å². The molecule has 1 aliphatic rings. The Balaban J connectivity index is 2.23. The number of amides is 1. The maximum absolute atomic E-state index is 11.4. The molecule has 0 radical (unpaired) electrons. The van der Waals surface area contributed by atoms with Gasteiger partial charge in [-0.25, -0.2) is 9.78 Å². The molecule has 1 atom stereocenters. The molecule has 1 unspecified atom stereocenters. The van der Waals surface area contributed by atoms with E-state index in [2.05, 4.69) is 4.98 Å². The number of aryl methyl sites for hydroxylation is 1. The molecule has 0 aromatic carbocycles. The minimum Gasteiger partial charge on any atom is -0.478 e. The fourth-order valence-electron chi connectivity index (χ4n) is 2.31. The average molecular weight is 263 g/mol. The second kappa shape index (κ2) is 4.53. The summed E-state index contributed by atoms with van der Waals surface area (Å²) in [6.07, 6.45) is 0.684. The first-order valence-electron chi connectivity index (χ1n) is 6.09. The molecule has 1 amide bonds. The SMILES string of the molecule is Cc1nc(N2CCC(C)(C(N)=O)C2)ccc1C(=O)O. The lowest BCUT2D eigenvalue weighted by Crippen LogP contribution is -2.37. The van der Waals surface area contributed by atoms with Gasteiger partial charge in [-0.3, -0.25) is 4.79 Å². The Bertz CT molecular complexity index is 544. The van der Waals surface area contributed by atoms with Crippen molar-refractivity contribution >= 4 is 17.7 Å². The maximum atomic E-state index is 11.4. The molecular formula is C13H17N3O3. The summed E-state index contributed by atoms with van der Waals surface area (Å²) in [6.45, 7) is 4.71. The summed E-state index contributed by atoms with van der Waals surface area (Å²) < 4.78 is 0. The van der Waals surface area contributed by atoms with Gasteiger partial charge in [-0.2, -0.15) is 0 Å². The molecule has 19 heavy (non-hydrogen) atoms. The third kappa shape index (κ3) is 2.38. The van der Waals surface area contributed by atoms with Gasteiger partial charge in [0, 0.05) is 13.1 Å². The molecule has 0 saturated carbocycles. The number of carbonyl (C=O) groups excluding carboxylic acids is 1. The van der Waals surface area contributed by atoms with Crippen LogP contribution in [-0.2, 0) is 4.79 Å². The van der Waals surface area contributed by atoms with Crippen molar-refractivity contribution in [2.45, 2.75) is 20.3 Å². The zero-order valence-corrected chi connectivity index (χ0v) is 11.0. The number of hydrogen-bond acceptors (Lipinski definition) is 4. The van der Waals surface area contributed by atoms with Crippen molar-refractivity contribution in [1.29, 1.82) is 0 Å². The van der Waals surface area contributed by atoms with Gasteiger partial charge in [-0.05, 0) is 32.4 Å². The van der Waals surface area contributed by atoms with Gasteiger partial charge in [-0.15, -0.1) is 0 Å². The number of carboxylic acids is 1. The number of nitrogens with two attached hydrogens (primary N) is 1. The van der Waals surface area contributed by atoms with E-state index in [4.69, 9.17) is 10.8 Å². The van der Waals surface area contributed by atoms with Crippen molar-refractivity contribution < 1.29 is 14.7 Å². The lowest BCUT2D eigenvalue weighted by Gasteiger charge is -2.22. The smallest absolute Gasteiger partial charge is 0.337 e. The molecule has 102 valence electrons. The van der Waals surface area contributed by atoms with E-state index in [0.29, 0.717) is 31.0 Å². The van der Waals surface area contributed by atoms with Crippen molar-refractivity contribution in [2.24, 2.45) is 11.1 Å². The quantitative estimate of drug-likeness (QED) is 0.840. The molecule has 2 heterocycles. The number of aromatic nitrogens is 1. The van der Waals surface area contributed by atoms with E-state index in [1.165, 1.54) is 0 Å². The molecule has 3 N–H and O–H groups in total. The Morgan fingerprint density at radius 1 is 1.47 bits per heavy atom. The van der Waals surface area contributed by atoms with Gasteiger partial charge in [0.15, 0.2) is 0 Å². The predicted octanol–water partition coefficient (Wildman–Crippen LogP) is 0.790. The molecule has 6 heteroatoms. The number of primary amides is 1. The Labute approximate surface area is 111 Å². The van der Waals surface area contributed by atoms with E-state index in [1.54, 1.807) is 19.1 Å². The first kappa shape index (κ1) is 13.3. The summed E-state index contributed by atoms with van der Waals surface area (Å²) >= 11 is 0. The van der Waals surface area contributed by atoms with E-state index in [-0.39, 0.29) is 11.5 Å². The van der Waals surface area contributed by atoms with Crippen LogP contribution in [0, 0.1) is 12.3 Å². The average Bonchev–Trinajstić information content (AvgIpc) is 2.73. The second-order valence-electron chi connectivity index (χ2n) is 5.20. The standard InChI is InChI=1S/C13H17N3O3/c1-8-9(11(17)18)3-4-10(15-8)16-6-5-13(2,7-16)12(14)19/h3-4H,5-7H2,1-2H3,(H2,14,19)(H,17,18). The van der Waals surface area contributed by atoms with Crippen LogP contribution in [0.15, 0.2) is 12.1 Å². The molecule has 2 rings (SSSR count). The normalized spacial score (nSPS) is 22.5. The van der Waals surface area contributed by atoms with Crippen LogP contribution in [0.25, 0.3) is 0 Å². The van der Waals surface area contributed by atoms with E-state index in [1.807, 2.05) is 11.8 Å². The highest BCUT2D eigenvalue weighted by Gasteiger charge is 2.39. The van der Waals surface area contributed by atoms with Gasteiger partial charge in [0.25, 0.3) is 0 Å². The molecule has 1 aromatic heterocycles. The molecule has 1 fully saturated rings. The molecule has 0 bridgehead atoms. The monoisotopic (exact) mass is 263 g/mol. The first-order chi connectivity index (χ1) is 8.83. The number of aromatic carboxylic acids is 1. The number of pyridine rings is 1. The van der Waals surface area contributed by atoms with Crippen molar-refractivity contribution in [2.75, 3.05) is 18.0 Å². The van der Waals surface area contributed by atoms with Gasteiger partial charge in [-0.1, -0.05) is 0 Å². The van der Waals surface area contributed by atoms with E-state index in [0.717, 1.165) is 0 Å². The van der Waals surface area contributed by atoms with Crippen LogP contribution in [0.2, 0.25) is 0 Å². The third-order valence-electron chi connectivity index (χ3n) is 3.69. The van der Waals surface area contributed by atoms with Crippen molar-refractivity contribution in [1.82, 2.24) is 4.98 Å². The number of anilines is 1. The minimum atomic E-state index is -0.986. The summed E-state index contributed by atoms with van der Waals surface area (Å²) in [5.74, 6) is -0.610. The van der Waals surface area contributed by atoms with Crippen LogP contribution in [0.5, 0.6) is 0 Å². The topological polar surface area (TPSA) is 96.5 Å². The Morgan fingerprint density at radius 3 is 2.63 bits per heavy atom. The van der Waals surface area contributed by atoms with Crippen molar-refractivity contribution in [3.63, 3.8) is 0 Å². The highest BCUT2D eigenvalue weighted by Crippen LogP contribution is 2.32. The summed E-state index contributed by atoms with van der Waals surface area (Å²) in [7, 11) is 0. The van der Waals surface area contributed by atoms with Gasteiger partial charge in [0.2, 0.25) is 5.91 Å². The van der Waals surface area contributed by atoms with E-state index < -0.39 is 11.4 Å². The lowest BCUT2D eigenvalue weighted by molar-refractivity contribution is -0.125. The summed E-state index contributed by atoms with van der Waals surface area (Å²) in [6, 6.07) is 3.21. The zero-order chi connectivity index (χ0) is 14.2. The van der Waals surface area contributed by atoms with Crippen molar-refractivity contribution in [3.8, 4) is 0 Å². The number of carboxylic acid groups (broad SMARTS) is 1. The molecule has 0 aliphatic carbocycles. The Morgan fingerprint density at radius 2 is 2.16 bits per heavy atom. The van der Waals surface area contributed by atoms with Gasteiger partial charge in [0.1, 0.15) is 5.82 Å². The van der Waals surface area contributed by atoms with Crippen LogP contribution in [-0.4, -0.2) is 35.1 Å². The van der Waals surface area contributed by atoms with Crippen LogP contribution >= 0.6 is 0 Å². The molecule has 0 spiro atoms. The number of nitrogens with zero attached hydrogens (tertiary/aromatic N) is 2. The lowest BCUT2D eigenvalue weighted by atomic mass is 9.89. The van der Waals surface area contributed by atoms with E-state index >= 15 is 0 Å². The summed E-state index contributed by atoms with van der Waals surface area (Å²) in [4.78, 5) is 28.6. The predicted molar refractivity (Wildman–Crippen MR) is 70.1 cm³/mol. The van der Waals surface area contributed by atoms with Crippen LogP contribution in [0.1, 0.15) is 29.4 Å². The van der Waals surface area contributed by atoms with Crippen LogP contribution in [0.3, 0.4) is 0 Å². The first-order valence-corrected chi connectivity index (χ1v) is 6.09. The fraction of sp³-hybridized carbons (Fsp3) is 0.462. The number of rotatable bonds is 3. The highest BCUT2D eigenvalue weighted by molar-refractivity contribution is 5.89. The Kier molecular flexibility index (Phi) is 3.18. The summed E-state index contributed by atoms with van der Waals surface area (Å²) in [5, 5.41) is 8.96. The molecule has 6 nitrogen and oxygen atoms in total. The Hall–Kier alpha value is -2.11. The largest absolute Gasteiger partial charge is 0.478 e. The molecule has 1 aliphatic heterocycles. The van der Waals surface area contributed by atoms with Gasteiger partial charge in [0.05, 0.1) is 16.7 Å². The molecule has 1 aromatic rings. The molecular weight excluding hydrogens is 246 g/mol. The number of carbonyl (C=O) groups is 2. The minimum absolute atomic E-state index is 0.195. The third-order valence-corrected chi connectivity index (χ3v) is 3.69. The maximum Gasteiger partial charge on any atom is 0.337 e. The van der Waals surface area contributed by atoms with Gasteiger partial charge >= 0.3 is 5.97 Å². The van der Waals surface area contributed by atoms with Crippen LogP contribution in [0.4, 0.5) is 5.82 Å². The zero-order valence-electron chi connectivity index (χ0n) is 11.0. The van der Waals surface area contributed by atoms with Gasteiger partial charge < -0.3 is 15.7 Å². The summed E-state index contributed by atoms with van der Waals surface area (Å²) in [5.41, 5.74) is 5.53. The number of hydrogen-bond donors (Lipinski definition) is 2. The van der Waals surface area contributed by atoms with Crippen LogP contribution < -0.4 is 10.6 Å². The second-order valence-corrected chi connectivity index (χ2v) is 5.20.